The minimum Gasteiger partial charge on any atom is -0.480 e. The Balaban J connectivity index is 1.81. The van der Waals surface area contributed by atoms with Crippen molar-refractivity contribution in [2.24, 2.45) is 17.3 Å². The Morgan fingerprint density at radius 2 is 2.08 bits per heavy atom. The summed E-state index contributed by atoms with van der Waals surface area (Å²) >= 11 is 0. The zero-order chi connectivity index (χ0) is 17.5. The third kappa shape index (κ3) is 2.66. The number of carbonyl (C=O) groups is 1. The van der Waals surface area contributed by atoms with Crippen molar-refractivity contribution in [3.63, 3.8) is 0 Å². The number of hydrogen-bond acceptors (Lipinski definition) is 3. The number of fused-ring (bicyclic) bond motifs is 1. The number of aliphatic carboxylic acids is 1. The van der Waals surface area contributed by atoms with Crippen molar-refractivity contribution in [2.45, 2.75) is 65.0 Å². The first-order valence-corrected chi connectivity index (χ1v) is 8.99. The summed E-state index contributed by atoms with van der Waals surface area (Å²) in [6, 6.07) is 7.80. The van der Waals surface area contributed by atoms with Gasteiger partial charge in [0.25, 0.3) is 0 Å². The van der Waals surface area contributed by atoms with Crippen LogP contribution < -0.4 is 5.48 Å². The van der Waals surface area contributed by atoms with E-state index in [0.717, 1.165) is 11.8 Å². The molecule has 4 atom stereocenters. The molecule has 2 fully saturated rings. The molecule has 4 unspecified atom stereocenters. The second-order valence-electron chi connectivity index (χ2n) is 8.26. The molecule has 1 aromatic rings. The average Bonchev–Trinajstić information content (AvgIpc) is 3.03. The highest BCUT2D eigenvalue weighted by Gasteiger charge is 2.72. The first kappa shape index (κ1) is 17.4. The predicted molar refractivity (Wildman–Crippen MR) is 93.4 cm³/mol. The minimum atomic E-state index is -0.911. The van der Waals surface area contributed by atoms with Crippen LogP contribution in [0.15, 0.2) is 24.3 Å². The van der Waals surface area contributed by atoms with Crippen molar-refractivity contribution < 1.29 is 14.7 Å². The van der Waals surface area contributed by atoms with Gasteiger partial charge in [-0.05, 0) is 48.1 Å². The molecule has 0 heterocycles. The van der Waals surface area contributed by atoms with Crippen molar-refractivity contribution in [1.29, 1.82) is 0 Å². The normalized spacial score (nSPS) is 32.0. The standard InChI is InChI=1S/C20H29NO3/c1-13-9-10-17-19(3,4)20(17,11-13)16-8-6-5-7-15(16)12-24-21-14(2)18(22)23/h5-8,13-14,17,21H,9-12H2,1-4H3,(H,22,23). The van der Waals surface area contributed by atoms with E-state index < -0.39 is 12.0 Å². The maximum Gasteiger partial charge on any atom is 0.322 e. The highest BCUT2D eigenvalue weighted by molar-refractivity contribution is 5.72. The van der Waals surface area contributed by atoms with E-state index in [-0.39, 0.29) is 5.41 Å². The van der Waals surface area contributed by atoms with E-state index in [1.54, 1.807) is 6.92 Å². The summed E-state index contributed by atoms with van der Waals surface area (Å²) < 4.78 is 0. The largest absolute Gasteiger partial charge is 0.480 e. The van der Waals surface area contributed by atoms with Crippen molar-refractivity contribution in [3.8, 4) is 0 Å². The molecule has 4 heteroatoms. The van der Waals surface area contributed by atoms with Gasteiger partial charge in [0, 0.05) is 5.41 Å². The van der Waals surface area contributed by atoms with Crippen LogP contribution in [-0.2, 0) is 21.7 Å². The first-order valence-electron chi connectivity index (χ1n) is 8.99. The Hall–Kier alpha value is -1.39. The van der Waals surface area contributed by atoms with Crippen LogP contribution in [0.1, 0.15) is 58.1 Å². The predicted octanol–water partition coefficient (Wildman–Crippen LogP) is 3.89. The third-order valence-corrected chi connectivity index (χ3v) is 6.51. The summed E-state index contributed by atoms with van der Waals surface area (Å²) in [5.74, 6) is 0.585. The van der Waals surface area contributed by atoms with Crippen LogP contribution in [0.25, 0.3) is 0 Å². The molecular formula is C20H29NO3. The van der Waals surface area contributed by atoms with E-state index in [2.05, 4.69) is 44.5 Å². The molecule has 0 aromatic heterocycles. The van der Waals surface area contributed by atoms with E-state index in [9.17, 15) is 4.79 Å². The number of benzene rings is 1. The summed E-state index contributed by atoms with van der Waals surface area (Å²) in [7, 11) is 0. The van der Waals surface area contributed by atoms with Gasteiger partial charge in [0.05, 0.1) is 6.61 Å². The van der Waals surface area contributed by atoms with Crippen LogP contribution in [0.3, 0.4) is 0 Å². The molecule has 0 radical (unpaired) electrons. The van der Waals surface area contributed by atoms with Gasteiger partial charge in [0.1, 0.15) is 6.04 Å². The van der Waals surface area contributed by atoms with Gasteiger partial charge in [0.2, 0.25) is 0 Å². The molecule has 3 rings (SSSR count). The Morgan fingerprint density at radius 1 is 1.38 bits per heavy atom. The highest BCUT2D eigenvalue weighted by Crippen LogP contribution is 2.76. The van der Waals surface area contributed by atoms with Crippen molar-refractivity contribution in [1.82, 2.24) is 5.48 Å². The van der Waals surface area contributed by atoms with Gasteiger partial charge in [-0.2, -0.15) is 5.48 Å². The van der Waals surface area contributed by atoms with E-state index in [0.29, 0.717) is 12.0 Å². The number of hydroxylamine groups is 1. The van der Waals surface area contributed by atoms with Crippen LogP contribution in [0.4, 0.5) is 0 Å². The summed E-state index contributed by atoms with van der Waals surface area (Å²) in [6.45, 7) is 9.14. The molecule has 0 aliphatic heterocycles. The molecule has 2 N–H and O–H groups in total. The summed E-state index contributed by atoms with van der Waals surface area (Å²) in [5.41, 5.74) is 5.77. The highest BCUT2D eigenvalue weighted by atomic mass is 16.6. The van der Waals surface area contributed by atoms with Gasteiger partial charge in [-0.15, -0.1) is 0 Å². The van der Waals surface area contributed by atoms with Gasteiger partial charge < -0.3 is 5.11 Å². The maximum absolute atomic E-state index is 10.9. The van der Waals surface area contributed by atoms with E-state index in [1.165, 1.54) is 30.4 Å². The van der Waals surface area contributed by atoms with Crippen molar-refractivity contribution >= 4 is 5.97 Å². The van der Waals surface area contributed by atoms with Crippen LogP contribution in [0, 0.1) is 17.3 Å². The smallest absolute Gasteiger partial charge is 0.322 e. The molecule has 0 bridgehead atoms. The van der Waals surface area contributed by atoms with E-state index in [4.69, 9.17) is 9.94 Å². The summed E-state index contributed by atoms with van der Waals surface area (Å²) in [6.07, 6.45) is 3.87. The topological polar surface area (TPSA) is 58.6 Å². The quantitative estimate of drug-likeness (QED) is 0.776. The molecule has 0 saturated heterocycles. The lowest BCUT2D eigenvalue weighted by atomic mass is 9.74. The molecular weight excluding hydrogens is 302 g/mol. The van der Waals surface area contributed by atoms with Crippen molar-refractivity contribution in [2.75, 3.05) is 0 Å². The Kier molecular flexibility index (Phi) is 4.47. The van der Waals surface area contributed by atoms with Gasteiger partial charge in [-0.25, -0.2) is 0 Å². The fraction of sp³-hybridized carbons (Fsp3) is 0.650. The molecule has 2 aliphatic rings. The van der Waals surface area contributed by atoms with E-state index in [1.807, 2.05) is 6.07 Å². The lowest BCUT2D eigenvalue weighted by Gasteiger charge is -2.30. The molecule has 24 heavy (non-hydrogen) atoms. The monoisotopic (exact) mass is 331 g/mol. The van der Waals surface area contributed by atoms with E-state index >= 15 is 0 Å². The second kappa shape index (κ2) is 6.16. The molecule has 0 spiro atoms. The van der Waals surface area contributed by atoms with Crippen molar-refractivity contribution in [3.05, 3.63) is 35.4 Å². The number of nitrogens with one attached hydrogen (secondary N) is 1. The minimum absolute atomic E-state index is 0.253. The third-order valence-electron chi connectivity index (χ3n) is 6.51. The summed E-state index contributed by atoms with van der Waals surface area (Å²) in [4.78, 5) is 16.4. The molecule has 4 nitrogen and oxygen atoms in total. The molecule has 2 saturated carbocycles. The lowest BCUT2D eigenvalue weighted by molar-refractivity contribution is -0.143. The fourth-order valence-corrected chi connectivity index (χ4v) is 5.10. The SMILES string of the molecule is CC1CCC2C(C)(C)C2(c2ccccc2CONC(C)C(=O)O)C1. The Labute approximate surface area is 144 Å². The zero-order valence-electron chi connectivity index (χ0n) is 15.1. The second-order valence-corrected chi connectivity index (χ2v) is 8.26. The number of carboxylic acids is 1. The maximum atomic E-state index is 10.9. The molecule has 0 amide bonds. The van der Waals surface area contributed by atoms with Gasteiger partial charge in [-0.1, -0.05) is 51.5 Å². The lowest BCUT2D eigenvalue weighted by Crippen LogP contribution is -2.33. The summed E-state index contributed by atoms with van der Waals surface area (Å²) in [5, 5.41) is 8.94. The Bertz CT molecular complexity index is 627. The first-order chi connectivity index (χ1) is 11.3. The molecule has 2 aliphatic carbocycles. The van der Waals surface area contributed by atoms with Gasteiger partial charge >= 0.3 is 5.97 Å². The van der Waals surface area contributed by atoms with Gasteiger partial charge in [-0.3, -0.25) is 9.63 Å². The molecule has 1 aromatic carbocycles. The van der Waals surface area contributed by atoms with Crippen LogP contribution in [0.2, 0.25) is 0 Å². The number of hydrogen-bond donors (Lipinski definition) is 2. The fourth-order valence-electron chi connectivity index (χ4n) is 5.10. The Morgan fingerprint density at radius 3 is 2.79 bits per heavy atom. The molecule has 132 valence electrons. The van der Waals surface area contributed by atoms with Crippen LogP contribution in [-0.4, -0.2) is 17.1 Å². The number of rotatable bonds is 6. The van der Waals surface area contributed by atoms with Crippen LogP contribution in [0.5, 0.6) is 0 Å². The average molecular weight is 331 g/mol. The number of carboxylic acid groups (broad SMARTS) is 1. The van der Waals surface area contributed by atoms with Gasteiger partial charge in [0.15, 0.2) is 0 Å². The zero-order valence-corrected chi connectivity index (χ0v) is 15.1. The van der Waals surface area contributed by atoms with Crippen LogP contribution >= 0.6 is 0 Å².